The highest BCUT2D eigenvalue weighted by Gasteiger charge is 2.13. The fourth-order valence-electron chi connectivity index (χ4n) is 2.49. The number of carbonyl (C=O) groups excluding carboxylic acids is 1. The molecule has 28 heavy (non-hydrogen) atoms. The maximum absolute atomic E-state index is 12.2. The Labute approximate surface area is 163 Å². The minimum Gasteiger partial charge on any atom is -0.460 e. The van der Waals surface area contributed by atoms with Gasteiger partial charge in [0, 0.05) is 11.8 Å². The first-order chi connectivity index (χ1) is 13.4. The number of sulfonamides is 1. The van der Waals surface area contributed by atoms with E-state index in [2.05, 4.69) is 10.0 Å². The van der Waals surface area contributed by atoms with E-state index < -0.39 is 10.0 Å². The van der Waals surface area contributed by atoms with Crippen LogP contribution in [0.3, 0.4) is 0 Å². The van der Waals surface area contributed by atoms with Gasteiger partial charge in [-0.2, -0.15) is 0 Å². The van der Waals surface area contributed by atoms with E-state index >= 15 is 0 Å². The molecule has 1 heterocycles. The number of benzene rings is 2. The lowest BCUT2D eigenvalue weighted by Crippen LogP contribution is -2.22. The molecule has 7 heteroatoms. The SMILES string of the molecule is Cc1cccc(NC(=O)/C=C/c2ccc(CNS(=O)(=O)c3ccccc3)o2)c1. The lowest BCUT2D eigenvalue weighted by molar-refractivity contribution is -0.111. The van der Waals surface area contributed by atoms with E-state index in [-0.39, 0.29) is 17.3 Å². The van der Waals surface area contributed by atoms with Crippen LogP contribution in [0.5, 0.6) is 0 Å². The minimum atomic E-state index is -3.61. The number of amides is 1. The highest BCUT2D eigenvalue weighted by Crippen LogP contribution is 2.13. The normalized spacial score (nSPS) is 11.6. The topological polar surface area (TPSA) is 88.4 Å². The van der Waals surface area contributed by atoms with Gasteiger partial charge in [0.2, 0.25) is 15.9 Å². The van der Waals surface area contributed by atoms with Crippen molar-refractivity contribution < 1.29 is 17.6 Å². The molecule has 0 aliphatic carbocycles. The largest absolute Gasteiger partial charge is 0.460 e. The number of hydrogen-bond acceptors (Lipinski definition) is 4. The number of rotatable bonds is 7. The molecule has 3 rings (SSSR count). The van der Waals surface area contributed by atoms with Crippen LogP contribution in [0.25, 0.3) is 6.08 Å². The molecule has 0 aliphatic heterocycles. The van der Waals surface area contributed by atoms with Gasteiger partial charge in [0.15, 0.2) is 0 Å². The average Bonchev–Trinajstić information content (AvgIpc) is 3.14. The van der Waals surface area contributed by atoms with Crippen molar-refractivity contribution in [3.63, 3.8) is 0 Å². The molecule has 144 valence electrons. The molecule has 0 fully saturated rings. The smallest absolute Gasteiger partial charge is 0.248 e. The highest BCUT2D eigenvalue weighted by molar-refractivity contribution is 7.89. The molecular weight excluding hydrogens is 376 g/mol. The van der Waals surface area contributed by atoms with Gasteiger partial charge in [-0.25, -0.2) is 13.1 Å². The molecule has 3 aromatic rings. The summed E-state index contributed by atoms with van der Waals surface area (Å²) in [5.74, 6) is 0.611. The molecule has 0 radical (unpaired) electrons. The minimum absolute atomic E-state index is 0.0144. The number of anilines is 1. The molecular formula is C21H20N2O4S. The Kier molecular flexibility index (Phi) is 6.08. The summed E-state index contributed by atoms with van der Waals surface area (Å²) in [6.07, 6.45) is 2.89. The molecule has 0 aliphatic rings. The van der Waals surface area contributed by atoms with E-state index in [9.17, 15) is 13.2 Å². The van der Waals surface area contributed by atoms with Crippen LogP contribution in [0.2, 0.25) is 0 Å². The number of furan rings is 1. The lowest BCUT2D eigenvalue weighted by Gasteiger charge is -2.04. The Morgan fingerprint density at radius 1 is 1.04 bits per heavy atom. The molecule has 0 saturated carbocycles. The number of nitrogens with one attached hydrogen (secondary N) is 2. The van der Waals surface area contributed by atoms with Crippen LogP contribution in [0.1, 0.15) is 17.1 Å². The standard InChI is InChI=1S/C21H20N2O4S/c1-16-6-5-7-17(14-16)23-21(24)13-12-18-10-11-19(27-18)15-22-28(25,26)20-8-3-2-4-9-20/h2-14,22H,15H2,1H3,(H,23,24)/b13-12+. The predicted octanol–water partition coefficient (Wildman–Crippen LogP) is 3.72. The van der Waals surface area contributed by atoms with Gasteiger partial charge in [-0.1, -0.05) is 30.3 Å². The molecule has 2 N–H and O–H groups in total. The van der Waals surface area contributed by atoms with Crippen LogP contribution in [0.15, 0.2) is 82.1 Å². The third kappa shape index (κ3) is 5.42. The van der Waals surface area contributed by atoms with E-state index in [0.29, 0.717) is 17.2 Å². The lowest BCUT2D eigenvalue weighted by atomic mass is 10.2. The summed E-state index contributed by atoms with van der Waals surface area (Å²) in [6.45, 7) is 1.96. The molecule has 0 saturated heterocycles. The van der Waals surface area contributed by atoms with Crippen LogP contribution in [-0.2, 0) is 21.4 Å². The van der Waals surface area contributed by atoms with Crippen LogP contribution >= 0.6 is 0 Å². The number of hydrogen-bond donors (Lipinski definition) is 2. The van der Waals surface area contributed by atoms with Gasteiger partial charge in [0.25, 0.3) is 0 Å². The van der Waals surface area contributed by atoms with Crippen LogP contribution in [0.4, 0.5) is 5.69 Å². The first kappa shape index (κ1) is 19.6. The number of carbonyl (C=O) groups is 1. The summed E-state index contributed by atoms with van der Waals surface area (Å²) in [5, 5.41) is 2.76. The highest BCUT2D eigenvalue weighted by atomic mass is 32.2. The van der Waals surface area contributed by atoms with Gasteiger partial charge in [-0.05, 0) is 55.0 Å². The summed E-state index contributed by atoms with van der Waals surface area (Å²) in [4.78, 5) is 12.2. The molecule has 0 unspecified atom stereocenters. The molecule has 1 amide bonds. The second-order valence-corrected chi connectivity index (χ2v) is 7.90. The zero-order chi connectivity index (χ0) is 20.0. The van der Waals surface area contributed by atoms with Crippen LogP contribution < -0.4 is 10.0 Å². The van der Waals surface area contributed by atoms with Gasteiger partial charge < -0.3 is 9.73 Å². The van der Waals surface area contributed by atoms with Gasteiger partial charge in [0.05, 0.1) is 11.4 Å². The fraction of sp³-hybridized carbons (Fsp3) is 0.0952. The molecule has 0 atom stereocenters. The summed E-state index contributed by atoms with van der Waals surface area (Å²) in [6, 6.07) is 18.9. The van der Waals surface area contributed by atoms with Crippen molar-refractivity contribution >= 4 is 27.7 Å². The zero-order valence-electron chi connectivity index (χ0n) is 15.3. The molecule has 1 aromatic heterocycles. The Hall–Kier alpha value is -3.16. The second kappa shape index (κ2) is 8.69. The molecule has 0 spiro atoms. The average molecular weight is 396 g/mol. The Morgan fingerprint density at radius 3 is 2.57 bits per heavy atom. The summed E-state index contributed by atoms with van der Waals surface area (Å²) in [5.41, 5.74) is 1.76. The monoisotopic (exact) mass is 396 g/mol. The van der Waals surface area contributed by atoms with Gasteiger partial charge in [-0.15, -0.1) is 0 Å². The molecule has 6 nitrogen and oxygen atoms in total. The molecule has 2 aromatic carbocycles. The first-order valence-electron chi connectivity index (χ1n) is 8.61. The predicted molar refractivity (Wildman–Crippen MR) is 108 cm³/mol. The van der Waals surface area contributed by atoms with Crippen LogP contribution in [0, 0.1) is 6.92 Å². The second-order valence-electron chi connectivity index (χ2n) is 6.13. The van der Waals surface area contributed by atoms with E-state index in [0.717, 1.165) is 5.56 Å². The number of aryl methyl sites for hydroxylation is 1. The van der Waals surface area contributed by atoms with Crippen molar-refractivity contribution in [3.8, 4) is 0 Å². The third-order valence-electron chi connectivity index (χ3n) is 3.86. The van der Waals surface area contributed by atoms with Crippen molar-refractivity contribution in [1.29, 1.82) is 0 Å². The van der Waals surface area contributed by atoms with Crippen molar-refractivity contribution in [2.24, 2.45) is 0 Å². The van der Waals surface area contributed by atoms with Crippen LogP contribution in [-0.4, -0.2) is 14.3 Å². The Balaban J connectivity index is 1.56. The van der Waals surface area contributed by atoms with Gasteiger partial charge >= 0.3 is 0 Å². The summed E-state index contributed by atoms with van der Waals surface area (Å²) >= 11 is 0. The van der Waals surface area contributed by atoms with E-state index in [4.69, 9.17) is 4.42 Å². The van der Waals surface area contributed by atoms with Crippen molar-refractivity contribution in [3.05, 3.63) is 89.9 Å². The maximum atomic E-state index is 12.2. The third-order valence-corrected chi connectivity index (χ3v) is 5.27. The maximum Gasteiger partial charge on any atom is 0.248 e. The van der Waals surface area contributed by atoms with E-state index in [1.54, 1.807) is 30.3 Å². The quantitative estimate of drug-likeness (QED) is 0.596. The van der Waals surface area contributed by atoms with Crippen molar-refractivity contribution in [2.75, 3.05) is 5.32 Å². The van der Waals surface area contributed by atoms with Crippen molar-refractivity contribution in [1.82, 2.24) is 4.72 Å². The van der Waals surface area contributed by atoms with Crippen molar-refractivity contribution in [2.45, 2.75) is 18.4 Å². The Morgan fingerprint density at radius 2 is 1.82 bits per heavy atom. The molecule has 0 bridgehead atoms. The summed E-state index contributed by atoms with van der Waals surface area (Å²) < 4.78 is 32.4. The van der Waals surface area contributed by atoms with Gasteiger partial charge in [-0.3, -0.25) is 4.79 Å². The van der Waals surface area contributed by atoms with E-state index in [1.165, 1.54) is 24.3 Å². The first-order valence-corrected chi connectivity index (χ1v) is 10.1. The zero-order valence-corrected chi connectivity index (χ0v) is 16.1. The summed E-state index contributed by atoms with van der Waals surface area (Å²) in [7, 11) is -3.61. The van der Waals surface area contributed by atoms with Gasteiger partial charge in [0.1, 0.15) is 11.5 Å². The fourth-order valence-corrected chi connectivity index (χ4v) is 3.51. The Bertz CT molecular complexity index is 1090. The van der Waals surface area contributed by atoms with E-state index in [1.807, 2.05) is 31.2 Å².